The summed E-state index contributed by atoms with van der Waals surface area (Å²) < 4.78 is 3.13. The first-order chi connectivity index (χ1) is 9.76. The van der Waals surface area contributed by atoms with Crippen LogP contribution in [-0.4, -0.2) is 27.9 Å². The van der Waals surface area contributed by atoms with E-state index in [1.165, 1.54) is 5.56 Å². The van der Waals surface area contributed by atoms with E-state index in [-0.39, 0.29) is 0 Å². The van der Waals surface area contributed by atoms with Crippen LogP contribution in [-0.2, 0) is 13.0 Å². The Balaban J connectivity index is 2.22. The molecular weight excluding hydrogens is 316 g/mol. The molecule has 108 valence electrons. The molecule has 0 spiro atoms. The molecule has 20 heavy (non-hydrogen) atoms. The zero-order valence-electron chi connectivity index (χ0n) is 12.0. The number of hydrogen-bond donors (Lipinski definition) is 1. The predicted molar refractivity (Wildman–Crippen MR) is 84.8 cm³/mol. The van der Waals surface area contributed by atoms with Crippen molar-refractivity contribution in [2.45, 2.75) is 32.7 Å². The van der Waals surface area contributed by atoms with Crippen molar-refractivity contribution in [2.24, 2.45) is 0 Å². The monoisotopic (exact) mass is 336 g/mol. The molecule has 0 aliphatic carbocycles. The molecule has 0 aliphatic rings. The molecule has 0 bridgehead atoms. The average molecular weight is 337 g/mol. The number of hydrogen-bond acceptors (Lipinski definition) is 3. The predicted octanol–water partition coefficient (Wildman–Crippen LogP) is 3.00. The Morgan fingerprint density at radius 2 is 2.10 bits per heavy atom. The first-order valence-electron chi connectivity index (χ1n) is 7.08. The lowest BCUT2D eigenvalue weighted by Crippen LogP contribution is -2.24. The topological polar surface area (TPSA) is 42.7 Å². The van der Waals surface area contributed by atoms with Crippen molar-refractivity contribution < 1.29 is 0 Å². The van der Waals surface area contributed by atoms with Crippen LogP contribution >= 0.6 is 15.9 Å². The number of benzene rings is 1. The summed E-state index contributed by atoms with van der Waals surface area (Å²) in [4.78, 5) is 4.40. The van der Waals surface area contributed by atoms with Crippen LogP contribution in [0.5, 0.6) is 0 Å². The Labute approximate surface area is 128 Å². The van der Waals surface area contributed by atoms with Crippen molar-refractivity contribution in [1.82, 2.24) is 20.1 Å². The van der Waals surface area contributed by atoms with E-state index >= 15 is 0 Å². The highest BCUT2D eigenvalue weighted by Crippen LogP contribution is 2.27. The number of aromatic nitrogens is 3. The highest BCUT2D eigenvalue weighted by atomic mass is 79.9. The zero-order chi connectivity index (χ0) is 14.4. The molecule has 0 saturated carbocycles. The lowest BCUT2D eigenvalue weighted by Gasteiger charge is -2.19. The zero-order valence-corrected chi connectivity index (χ0v) is 13.6. The van der Waals surface area contributed by atoms with Gasteiger partial charge in [0.15, 0.2) is 0 Å². The summed E-state index contributed by atoms with van der Waals surface area (Å²) in [5.74, 6) is 1.44. The van der Waals surface area contributed by atoms with E-state index in [0.29, 0.717) is 5.92 Å². The van der Waals surface area contributed by atoms with Crippen molar-refractivity contribution in [1.29, 1.82) is 0 Å². The fraction of sp³-hybridized carbons (Fsp3) is 0.467. The standard InChI is InChI=1S/C15H21BrN4/c1-3-17-10-12(13-7-5-6-8-14(13)16)9-15-18-11-19-20(15)4-2/h5-8,11-12,17H,3-4,9-10H2,1-2H3. The molecule has 2 aromatic rings. The summed E-state index contributed by atoms with van der Waals surface area (Å²) in [5, 5.41) is 7.70. The quantitative estimate of drug-likeness (QED) is 0.845. The van der Waals surface area contributed by atoms with Gasteiger partial charge in [0.2, 0.25) is 0 Å². The van der Waals surface area contributed by atoms with E-state index in [4.69, 9.17) is 0 Å². The van der Waals surface area contributed by atoms with Gasteiger partial charge in [-0.15, -0.1) is 0 Å². The minimum Gasteiger partial charge on any atom is -0.316 e. The van der Waals surface area contributed by atoms with Gasteiger partial charge < -0.3 is 5.32 Å². The van der Waals surface area contributed by atoms with Gasteiger partial charge in [0.25, 0.3) is 0 Å². The van der Waals surface area contributed by atoms with Gasteiger partial charge in [-0.1, -0.05) is 41.1 Å². The largest absolute Gasteiger partial charge is 0.316 e. The minimum atomic E-state index is 0.389. The molecule has 5 heteroatoms. The van der Waals surface area contributed by atoms with Crippen LogP contribution in [0.2, 0.25) is 0 Å². The van der Waals surface area contributed by atoms with Gasteiger partial charge in [-0.2, -0.15) is 5.10 Å². The number of nitrogens with zero attached hydrogens (tertiary/aromatic N) is 3. The van der Waals surface area contributed by atoms with E-state index in [0.717, 1.165) is 36.4 Å². The molecule has 4 nitrogen and oxygen atoms in total. The number of halogens is 1. The third-order valence-electron chi connectivity index (χ3n) is 3.41. The molecule has 0 saturated heterocycles. The van der Waals surface area contributed by atoms with Gasteiger partial charge >= 0.3 is 0 Å². The second-order valence-corrected chi connectivity index (χ2v) is 5.58. The molecular formula is C15H21BrN4. The first kappa shape index (κ1) is 15.2. The van der Waals surface area contributed by atoms with Crippen molar-refractivity contribution >= 4 is 15.9 Å². The average Bonchev–Trinajstić information content (AvgIpc) is 2.91. The number of nitrogens with one attached hydrogen (secondary N) is 1. The van der Waals surface area contributed by atoms with Gasteiger partial charge in [0, 0.05) is 29.9 Å². The third-order valence-corrected chi connectivity index (χ3v) is 4.13. The van der Waals surface area contributed by atoms with Crippen molar-refractivity contribution in [3.63, 3.8) is 0 Å². The second-order valence-electron chi connectivity index (χ2n) is 4.72. The fourth-order valence-corrected chi connectivity index (χ4v) is 2.96. The second kappa shape index (κ2) is 7.55. The lowest BCUT2D eigenvalue weighted by molar-refractivity contribution is 0.543. The van der Waals surface area contributed by atoms with Crippen molar-refractivity contribution in [2.75, 3.05) is 13.1 Å². The molecule has 1 atom stereocenters. The summed E-state index contributed by atoms with van der Waals surface area (Å²) in [7, 11) is 0. The smallest absolute Gasteiger partial charge is 0.138 e. The first-order valence-corrected chi connectivity index (χ1v) is 7.87. The van der Waals surface area contributed by atoms with Crippen LogP contribution in [0.25, 0.3) is 0 Å². The maximum atomic E-state index is 4.40. The summed E-state index contributed by atoms with van der Waals surface area (Å²) in [6.45, 7) is 7.00. The molecule has 1 N–H and O–H groups in total. The Morgan fingerprint density at radius 1 is 1.30 bits per heavy atom. The maximum Gasteiger partial charge on any atom is 0.138 e. The normalized spacial score (nSPS) is 12.6. The fourth-order valence-electron chi connectivity index (χ4n) is 2.35. The van der Waals surface area contributed by atoms with Crippen LogP contribution in [0.15, 0.2) is 35.1 Å². The van der Waals surface area contributed by atoms with Crippen LogP contribution < -0.4 is 5.32 Å². The van der Waals surface area contributed by atoms with E-state index < -0.39 is 0 Å². The summed E-state index contributed by atoms with van der Waals surface area (Å²) in [5.41, 5.74) is 1.32. The Hall–Kier alpha value is -1.20. The maximum absolute atomic E-state index is 4.40. The summed E-state index contributed by atoms with van der Waals surface area (Å²) in [6.07, 6.45) is 2.53. The molecule has 1 aromatic carbocycles. The number of likely N-dealkylation sites (N-methyl/N-ethyl adjacent to an activating group) is 1. The van der Waals surface area contributed by atoms with Crippen LogP contribution in [0.1, 0.15) is 31.2 Å². The molecule has 2 rings (SSSR count). The van der Waals surface area contributed by atoms with Crippen LogP contribution in [0, 0.1) is 0 Å². The highest BCUT2D eigenvalue weighted by Gasteiger charge is 2.17. The number of aryl methyl sites for hydroxylation is 1. The highest BCUT2D eigenvalue weighted by molar-refractivity contribution is 9.10. The minimum absolute atomic E-state index is 0.389. The molecule has 0 fully saturated rings. The summed E-state index contributed by atoms with van der Waals surface area (Å²) >= 11 is 3.66. The molecule has 1 aromatic heterocycles. The van der Waals surface area contributed by atoms with Gasteiger partial charge in [-0.3, -0.25) is 4.68 Å². The lowest BCUT2D eigenvalue weighted by atomic mass is 9.95. The van der Waals surface area contributed by atoms with Crippen LogP contribution in [0.3, 0.4) is 0 Å². The van der Waals surface area contributed by atoms with E-state index in [1.54, 1.807) is 6.33 Å². The van der Waals surface area contributed by atoms with Gasteiger partial charge in [-0.25, -0.2) is 4.98 Å². The third kappa shape index (κ3) is 3.67. The van der Waals surface area contributed by atoms with Crippen LogP contribution in [0.4, 0.5) is 0 Å². The molecule has 0 amide bonds. The molecule has 1 heterocycles. The summed E-state index contributed by atoms with van der Waals surface area (Å²) in [6, 6.07) is 8.41. The van der Waals surface area contributed by atoms with Crippen molar-refractivity contribution in [3.8, 4) is 0 Å². The van der Waals surface area contributed by atoms with Gasteiger partial charge in [-0.05, 0) is 25.1 Å². The Morgan fingerprint density at radius 3 is 2.80 bits per heavy atom. The van der Waals surface area contributed by atoms with Gasteiger partial charge in [0.05, 0.1) is 0 Å². The van der Waals surface area contributed by atoms with Crippen molar-refractivity contribution in [3.05, 3.63) is 46.5 Å². The van der Waals surface area contributed by atoms with E-state index in [2.05, 4.69) is 63.4 Å². The Bertz CT molecular complexity index is 538. The van der Waals surface area contributed by atoms with E-state index in [9.17, 15) is 0 Å². The van der Waals surface area contributed by atoms with E-state index in [1.807, 2.05) is 10.7 Å². The Kier molecular flexibility index (Phi) is 5.73. The molecule has 1 unspecified atom stereocenters. The number of rotatable bonds is 7. The SMILES string of the molecule is CCNCC(Cc1ncnn1CC)c1ccccc1Br. The van der Waals surface area contributed by atoms with Gasteiger partial charge in [0.1, 0.15) is 12.2 Å². The molecule has 0 aliphatic heterocycles. The molecule has 0 radical (unpaired) electrons.